The second kappa shape index (κ2) is 10.4. The highest BCUT2D eigenvalue weighted by molar-refractivity contribution is 7.07. The van der Waals surface area contributed by atoms with Gasteiger partial charge in [0.2, 0.25) is 0 Å². The van der Waals surface area contributed by atoms with Gasteiger partial charge in [-0.25, -0.2) is 9.79 Å². The standard InChI is InChI=1S/C27H28N2O6S/c1-6-34-19-10-8-18(9-11-19)24-23(26(32)35-15(2)3)16(4)28-27-29(24)25(31)22(36-27)14-17-7-12-20(30)21(13-17)33-5/h7-15,24,30H,6H2,1-5H3/b22-14+/t24-/m1/s1. The van der Waals surface area contributed by atoms with E-state index in [2.05, 4.69) is 4.99 Å². The monoisotopic (exact) mass is 508 g/mol. The predicted octanol–water partition coefficient (Wildman–Crippen LogP) is 3.30. The lowest BCUT2D eigenvalue weighted by atomic mass is 9.96. The first kappa shape index (κ1) is 25.2. The van der Waals surface area contributed by atoms with E-state index in [1.807, 2.05) is 31.2 Å². The zero-order chi connectivity index (χ0) is 26.0. The van der Waals surface area contributed by atoms with Gasteiger partial charge in [0.05, 0.1) is 41.7 Å². The molecule has 0 saturated carbocycles. The molecule has 1 N–H and O–H groups in total. The van der Waals surface area contributed by atoms with Crippen molar-refractivity contribution in [3.05, 3.63) is 84.5 Å². The number of hydrogen-bond acceptors (Lipinski definition) is 8. The van der Waals surface area contributed by atoms with E-state index in [4.69, 9.17) is 14.2 Å². The molecule has 0 fully saturated rings. The zero-order valence-corrected chi connectivity index (χ0v) is 21.6. The van der Waals surface area contributed by atoms with Crippen LogP contribution in [0.1, 0.15) is 44.9 Å². The van der Waals surface area contributed by atoms with Crippen molar-refractivity contribution in [1.82, 2.24) is 4.57 Å². The second-order valence-corrected chi connectivity index (χ2v) is 9.48. The predicted molar refractivity (Wildman–Crippen MR) is 137 cm³/mol. The number of methoxy groups -OCH3 is 1. The van der Waals surface area contributed by atoms with Crippen molar-refractivity contribution in [3.8, 4) is 17.2 Å². The van der Waals surface area contributed by atoms with E-state index in [1.54, 1.807) is 39.0 Å². The van der Waals surface area contributed by atoms with Crippen LogP contribution >= 0.6 is 11.3 Å². The van der Waals surface area contributed by atoms with Gasteiger partial charge in [0, 0.05) is 0 Å². The normalized spacial score (nSPS) is 15.5. The quantitative estimate of drug-likeness (QED) is 0.492. The molecule has 1 atom stereocenters. The summed E-state index contributed by atoms with van der Waals surface area (Å²) in [6, 6.07) is 11.5. The maximum absolute atomic E-state index is 13.7. The summed E-state index contributed by atoms with van der Waals surface area (Å²) in [4.78, 5) is 31.9. The Labute approximate surface area is 212 Å². The summed E-state index contributed by atoms with van der Waals surface area (Å²) >= 11 is 1.23. The number of rotatable bonds is 7. The molecule has 3 aromatic rings. The minimum Gasteiger partial charge on any atom is -0.504 e. The van der Waals surface area contributed by atoms with Crippen molar-refractivity contribution >= 4 is 23.4 Å². The topological polar surface area (TPSA) is 99.4 Å². The average Bonchev–Trinajstić information content (AvgIpc) is 3.14. The van der Waals surface area contributed by atoms with Crippen LogP contribution in [-0.2, 0) is 9.53 Å². The van der Waals surface area contributed by atoms with Crippen LogP contribution in [0.4, 0.5) is 0 Å². The van der Waals surface area contributed by atoms with Crippen LogP contribution in [-0.4, -0.2) is 35.5 Å². The number of nitrogens with zero attached hydrogens (tertiary/aromatic N) is 2. The molecule has 8 nitrogen and oxygen atoms in total. The zero-order valence-electron chi connectivity index (χ0n) is 20.8. The van der Waals surface area contributed by atoms with Gasteiger partial charge >= 0.3 is 5.97 Å². The summed E-state index contributed by atoms with van der Waals surface area (Å²) in [6.07, 6.45) is 1.39. The number of phenolic OH excluding ortho intramolecular Hbond substituents is 1. The number of esters is 1. The number of carbonyl (C=O) groups excluding carboxylic acids is 1. The summed E-state index contributed by atoms with van der Waals surface area (Å²) < 4.78 is 18.3. The van der Waals surface area contributed by atoms with Crippen LogP contribution in [0.3, 0.4) is 0 Å². The molecule has 1 aliphatic heterocycles. The first-order valence-electron chi connectivity index (χ1n) is 11.6. The van der Waals surface area contributed by atoms with Crippen LogP contribution < -0.4 is 24.4 Å². The largest absolute Gasteiger partial charge is 0.504 e. The molecule has 0 bridgehead atoms. The molecule has 0 radical (unpaired) electrons. The Hall–Kier alpha value is -3.85. The molecule has 9 heteroatoms. The van der Waals surface area contributed by atoms with Crippen LogP contribution in [0.5, 0.6) is 17.2 Å². The fourth-order valence-corrected chi connectivity index (χ4v) is 5.07. The van der Waals surface area contributed by atoms with Crippen LogP contribution in [0, 0.1) is 0 Å². The molecule has 2 aromatic carbocycles. The maximum atomic E-state index is 13.7. The lowest BCUT2D eigenvalue weighted by molar-refractivity contribution is -0.143. The average molecular weight is 509 g/mol. The third-order valence-electron chi connectivity index (χ3n) is 5.59. The number of aromatic nitrogens is 1. The van der Waals surface area contributed by atoms with Crippen molar-refractivity contribution in [1.29, 1.82) is 0 Å². The number of benzene rings is 2. The van der Waals surface area contributed by atoms with Crippen LogP contribution in [0.2, 0.25) is 0 Å². The first-order chi connectivity index (χ1) is 17.2. The van der Waals surface area contributed by atoms with E-state index in [0.29, 0.717) is 44.3 Å². The van der Waals surface area contributed by atoms with E-state index in [9.17, 15) is 14.7 Å². The Bertz CT molecular complexity index is 1500. The van der Waals surface area contributed by atoms with E-state index < -0.39 is 12.0 Å². The second-order valence-electron chi connectivity index (χ2n) is 8.47. The van der Waals surface area contributed by atoms with Crippen molar-refractivity contribution in [2.75, 3.05) is 13.7 Å². The molecule has 0 saturated heterocycles. The number of thiazole rings is 1. The van der Waals surface area contributed by atoms with Crippen LogP contribution in [0.25, 0.3) is 6.08 Å². The van der Waals surface area contributed by atoms with Crippen molar-refractivity contribution in [2.45, 2.75) is 39.8 Å². The number of ether oxygens (including phenoxy) is 3. The van der Waals surface area contributed by atoms with Gasteiger partial charge in [-0.15, -0.1) is 0 Å². The van der Waals surface area contributed by atoms with Crippen molar-refractivity contribution in [3.63, 3.8) is 0 Å². The van der Waals surface area contributed by atoms with Gasteiger partial charge in [0.25, 0.3) is 5.56 Å². The molecule has 0 aliphatic carbocycles. The molecule has 188 valence electrons. The molecular formula is C27H28N2O6S. The molecule has 0 amide bonds. The van der Waals surface area contributed by atoms with Gasteiger partial charge in [-0.1, -0.05) is 29.5 Å². The van der Waals surface area contributed by atoms with Crippen molar-refractivity contribution in [2.24, 2.45) is 4.99 Å². The fourth-order valence-electron chi connectivity index (χ4n) is 4.02. The molecule has 1 aliphatic rings. The Kier molecular flexibility index (Phi) is 7.30. The lowest BCUT2D eigenvalue weighted by Crippen LogP contribution is -2.40. The number of allylic oxidation sites excluding steroid dienone is 1. The lowest BCUT2D eigenvalue weighted by Gasteiger charge is -2.25. The van der Waals surface area contributed by atoms with Gasteiger partial charge in [0.15, 0.2) is 16.3 Å². The maximum Gasteiger partial charge on any atom is 0.338 e. The van der Waals surface area contributed by atoms with E-state index in [0.717, 1.165) is 5.56 Å². The number of carbonyl (C=O) groups is 1. The smallest absolute Gasteiger partial charge is 0.338 e. The molecule has 4 rings (SSSR count). The third-order valence-corrected chi connectivity index (χ3v) is 6.58. The SMILES string of the molecule is CCOc1ccc([C@@H]2C(C(=O)OC(C)C)=C(C)N=c3s/c(=C/c4ccc(O)c(OC)c4)c(=O)n32)cc1. The highest BCUT2D eigenvalue weighted by Crippen LogP contribution is 2.32. The highest BCUT2D eigenvalue weighted by atomic mass is 32.1. The molecule has 0 spiro atoms. The number of fused-ring (bicyclic) bond motifs is 1. The van der Waals surface area contributed by atoms with E-state index in [-0.39, 0.29) is 17.4 Å². The van der Waals surface area contributed by atoms with Gasteiger partial charge < -0.3 is 19.3 Å². The number of aromatic hydroxyl groups is 1. The molecular weight excluding hydrogens is 480 g/mol. The summed E-state index contributed by atoms with van der Waals surface area (Å²) in [5.41, 5.74) is 1.95. The summed E-state index contributed by atoms with van der Waals surface area (Å²) in [6.45, 7) is 7.74. The summed E-state index contributed by atoms with van der Waals surface area (Å²) in [7, 11) is 1.46. The molecule has 0 unspecified atom stereocenters. The summed E-state index contributed by atoms with van der Waals surface area (Å²) in [5.74, 6) is 0.499. The summed E-state index contributed by atoms with van der Waals surface area (Å²) in [5, 5.41) is 9.90. The van der Waals surface area contributed by atoms with Gasteiger partial charge in [-0.05, 0) is 69.2 Å². The number of phenols is 1. The fraction of sp³-hybridized carbons (Fsp3) is 0.296. The van der Waals surface area contributed by atoms with Crippen molar-refractivity contribution < 1.29 is 24.1 Å². The molecule has 36 heavy (non-hydrogen) atoms. The van der Waals surface area contributed by atoms with Gasteiger partial charge in [-0.2, -0.15) is 0 Å². The van der Waals surface area contributed by atoms with Gasteiger partial charge in [0.1, 0.15) is 5.75 Å². The number of hydrogen-bond donors (Lipinski definition) is 1. The Morgan fingerprint density at radius 2 is 1.94 bits per heavy atom. The first-order valence-corrected chi connectivity index (χ1v) is 12.4. The third kappa shape index (κ3) is 4.92. The minimum atomic E-state index is -0.709. The Balaban J connectivity index is 1.90. The minimum absolute atomic E-state index is 0.00976. The van der Waals surface area contributed by atoms with E-state index >= 15 is 0 Å². The van der Waals surface area contributed by atoms with Gasteiger partial charge in [-0.3, -0.25) is 9.36 Å². The van der Waals surface area contributed by atoms with E-state index in [1.165, 1.54) is 29.1 Å². The van der Waals surface area contributed by atoms with Crippen LogP contribution in [0.15, 0.2) is 63.5 Å². The Morgan fingerprint density at radius 1 is 1.22 bits per heavy atom. The molecule has 2 heterocycles. The highest BCUT2D eigenvalue weighted by Gasteiger charge is 2.33. The Morgan fingerprint density at radius 3 is 2.58 bits per heavy atom. The molecule has 1 aromatic heterocycles.